The van der Waals surface area contributed by atoms with Crippen LogP contribution in [0.3, 0.4) is 0 Å². The van der Waals surface area contributed by atoms with E-state index in [0.717, 1.165) is 38.1 Å². The molecule has 0 saturated heterocycles. The number of rotatable bonds is 10. The third-order valence-corrected chi connectivity index (χ3v) is 3.49. The molecule has 1 aromatic rings. The van der Waals surface area contributed by atoms with Gasteiger partial charge in [0.2, 0.25) is 0 Å². The molecule has 1 aromatic heterocycles. The fourth-order valence-corrected chi connectivity index (χ4v) is 2.07. The van der Waals surface area contributed by atoms with Gasteiger partial charge in [-0.2, -0.15) is 0 Å². The molecule has 3 N–H and O–H groups in total. The molecular weight excluding hydrogens is 280 g/mol. The van der Waals surface area contributed by atoms with E-state index >= 15 is 0 Å². The van der Waals surface area contributed by atoms with Gasteiger partial charge in [-0.15, -0.1) is 0 Å². The lowest BCUT2D eigenvalue weighted by Crippen LogP contribution is -2.39. The zero-order chi connectivity index (χ0) is 15.6. The zero-order valence-electron chi connectivity index (χ0n) is 13.4. The summed E-state index contributed by atoms with van der Waals surface area (Å²) >= 11 is 0. The van der Waals surface area contributed by atoms with Crippen molar-refractivity contribution in [3.63, 3.8) is 0 Å². The van der Waals surface area contributed by atoms with E-state index in [-0.39, 0.29) is 0 Å². The molecule has 1 heterocycles. The number of guanidine groups is 1. The van der Waals surface area contributed by atoms with Gasteiger partial charge in [-0.25, -0.2) is 0 Å². The van der Waals surface area contributed by atoms with E-state index in [9.17, 15) is 5.11 Å². The van der Waals surface area contributed by atoms with Crippen molar-refractivity contribution in [2.75, 3.05) is 32.8 Å². The van der Waals surface area contributed by atoms with Crippen LogP contribution in [0.25, 0.3) is 0 Å². The molecular formula is C16H28N4O2. The zero-order valence-corrected chi connectivity index (χ0v) is 13.4. The number of aliphatic hydroxyl groups excluding tert-OH is 1. The number of nitrogens with one attached hydrogen (secondary N) is 2. The standard InChI is InChI=1S/C16H28N4O2/c1-2-17-16(18-7-10-20-8-3-4-9-20)19-11-15(21)13-22-12-14-5-6-14/h3-4,8-9,14-15,21H,2,5-7,10-13H2,1H3,(H2,17,18,19). The van der Waals surface area contributed by atoms with Gasteiger partial charge in [-0.1, -0.05) is 0 Å². The van der Waals surface area contributed by atoms with Crippen molar-refractivity contribution in [1.29, 1.82) is 0 Å². The lowest BCUT2D eigenvalue weighted by molar-refractivity contribution is 0.0368. The number of hydrogen-bond acceptors (Lipinski definition) is 3. The van der Waals surface area contributed by atoms with E-state index in [1.165, 1.54) is 12.8 Å². The van der Waals surface area contributed by atoms with Crippen molar-refractivity contribution in [1.82, 2.24) is 15.2 Å². The molecule has 6 heteroatoms. The molecule has 0 bridgehead atoms. The summed E-state index contributed by atoms with van der Waals surface area (Å²) in [5.41, 5.74) is 0. The largest absolute Gasteiger partial charge is 0.389 e. The molecule has 1 aliphatic rings. The van der Waals surface area contributed by atoms with Crippen molar-refractivity contribution in [2.24, 2.45) is 10.9 Å². The number of ether oxygens (including phenoxy) is 1. The Balaban J connectivity index is 1.63. The SMILES string of the molecule is CCNC(=NCC(O)COCC1CC1)NCCn1cccc1. The Kier molecular flexibility index (Phi) is 7.25. The van der Waals surface area contributed by atoms with Crippen molar-refractivity contribution in [2.45, 2.75) is 32.4 Å². The van der Waals surface area contributed by atoms with Crippen LogP contribution < -0.4 is 10.6 Å². The van der Waals surface area contributed by atoms with Gasteiger partial charge in [0.1, 0.15) is 0 Å². The van der Waals surface area contributed by atoms with E-state index in [1.807, 2.05) is 31.5 Å². The maximum atomic E-state index is 9.88. The number of nitrogens with zero attached hydrogens (tertiary/aromatic N) is 2. The molecule has 22 heavy (non-hydrogen) atoms. The Bertz CT molecular complexity index is 429. The minimum Gasteiger partial charge on any atom is -0.389 e. The average molecular weight is 308 g/mol. The smallest absolute Gasteiger partial charge is 0.191 e. The van der Waals surface area contributed by atoms with Crippen molar-refractivity contribution in [3.05, 3.63) is 24.5 Å². The minimum atomic E-state index is -0.543. The lowest BCUT2D eigenvalue weighted by atomic mass is 10.4. The van der Waals surface area contributed by atoms with Crippen LogP contribution in [0.2, 0.25) is 0 Å². The van der Waals surface area contributed by atoms with Gasteiger partial charge in [0.15, 0.2) is 5.96 Å². The second-order valence-corrected chi connectivity index (χ2v) is 5.70. The fraction of sp³-hybridized carbons (Fsp3) is 0.688. The summed E-state index contributed by atoms with van der Waals surface area (Å²) in [7, 11) is 0. The molecule has 1 aliphatic carbocycles. The van der Waals surface area contributed by atoms with Crippen molar-refractivity contribution in [3.8, 4) is 0 Å². The number of aliphatic imine (C=N–C) groups is 1. The van der Waals surface area contributed by atoms with Gasteiger partial charge < -0.3 is 25.0 Å². The number of hydrogen-bond donors (Lipinski definition) is 3. The van der Waals surface area contributed by atoms with E-state index in [1.54, 1.807) is 0 Å². The first-order valence-electron chi connectivity index (χ1n) is 8.16. The first kappa shape index (κ1) is 16.8. The van der Waals surface area contributed by atoms with Crippen LogP contribution in [0.15, 0.2) is 29.5 Å². The molecule has 2 rings (SSSR count). The highest BCUT2D eigenvalue weighted by molar-refractivity contribution is 5.79. The van der Waals surface area contributed by atoms with E-state index in [0.29, 0.717) is 13.2 Å². The molecule has 0 radical (unpaired) electrons. The van der Waals surface area contributed by atoms with Crippen LogP contribution in [0.1, 0.15) is 19.8 Å². The summed E-state index contributed by atoms with van der Waals surface area (Å²) in [6.07, 6.45) is 6.06. The normalized spacial score (nSPS) is 16.5. The third-order valence-electron chi connectivity index (χ3n) is 3.49. The monoisotopic (exact) mass is 308 g/mol. The average Bonchev–Trinajstić information content (AvgIpc) is 3.18. The summed E-state index contributed by atoms with van der Waals surface area (Å²) in [5, 5.41) is 16.3. The molecule has 0 aromatic carbocycles. The minimum absolute atomic E-state index is 0.351. The van der Waals surface area contributed by atoms with Crippen molar-refractivity contribution < 1.29 is 9.84 Å². The summed E-state index contributed by atoms with van der Waals surface area (Å²) in [6, 6.07) is 4.02. The van der Waals surface area contributed by atoms with E-state index in [4.69, 9.17) is 4.74 Å². The predicted molar refractivity (Wildman–Crippen MR) is 88.0 cm³/mol. The summed E-state index contributed by atoms with van der Waals surface area (Å²) in [6.45, 7) is 5.98. The maximum absolute atomic E-state index is 9.88. The van der Waals surface area contributed by atoms with Gasteiger partial charge in [0.05, 0.1) is 19.3 Å². The molecule has 1 saturated carbocycles. The van der Waals surface area contributed by atoms with Gasteiger partial charge in [-0.3, -0.25) is 4.99 Å². The van der Waals surface area contributed by atoms with Crippen LogP contribution >= 0.6 is 0 Å². The van der Waals surface area contributed by atoms with Crippen LogP contribution in [0.5, 0.6) is 0 Å². The Morgan fingerprint density at radius 1 is 1.36 bits per heavy atom. The van der Waals surface area contributed by atoms with Crippen LogP contribution in [-0.4, -0.2) is 54.6 Å². The summed E-state index contributed by atoms with van der Waals surface area (Å²) < 4.78 is 7.59. The maximum Gasteiger partial charge on any atom is 0.191 e. The molecule has 0 spiro atoms. The van der Waals surface area contributed by atoms with Crippen LogP contribution in [-0.2, 0) is 11.3 Å². The fourth-order valence-electron chi connectivity index (χ4n) is 2.07. The molecule has 1 fully saturated rings. The second-order valence-electron chi connectivity index (χ2n) is 5.70. The molecule has 1 atom stereocenters. The van der Waals surface area contributed by atoms with Gasteiger partial charge in [0.25, 0.3) is 0 Å². The number of aliphatic hydroxyl groups is 1. The molecule has 124 valence electrons. The molecule has 0 aliphatic heterocycles. The summed E-state index contributed by atoms with van der Waals surface area (Å²) in [4.78, 5) is 4.40. The molecule has 6 nitrogen and oxygen atoms in total. The Morgan fingerprint density at radius 2 is 2.14 bits per heavy atom. The summed E-state index contributed by atoms with van der Waals surface area (Å²) in [5.74, 6) is 1.46. The number of aromatic nitrogens is 1. The molecule has 0 amide bonds. The third kappa shape index (κ3) is 6.95. The van der Waals surface area contributed by atoms with E-state index < -0.39 is 6.10 Å². The predicted octanol–water partition coefficient (Wildman–Crippen LogP) is 0.831. The van der Waals surface area contributed by atoms with E-state index in [2.05, 4.69) is 20.2 Å². The second kappa shape index (κ2) is 9.48. The highest BCUT2D eigenvalue weighted by Gasteiger charge is 2.21. The Labute approximate surface area is 132 Å². The molecule has 1 unspecified atom stereocenters. The van der Waals surface area contributed by atoms with Crippen LogP contribution in [0.4, 0.5) is 0 Å². The van der Waals surface area contributed by atoms with Crippen LogP contribution in [0, 0.1) is 5.92 Å². The lowest BCUT2D eigenvalue weighted by Gasteiger charge is -2.13. The van der Waals surface area contributed by atoms with Gasteiger partial charge in [0, 0.05) is 38.6 Å². The van der Waals surface area contributed by atoms with Crippen molar-refractivity contribution >= 4 is 5.96 Å². The first-order chi connectivity index (χ1) is 10.8. The highest BCUT2D eigenvalue weighted by Crippen LogP contribution is 2.28. The Hall–Kier alpha value is -1.53. The first-order valence-corrected chi connectivity index (χ1v) is 8.16. The highest BCUT2D eigenvalue weighted by atomic mass is 16.5. The quantitative estimate of drug-likeness (QED) is 0.442. The van der Waals surface area contributed by atoms with Gasteiger partial charge in [-0.05, 0) is 37.8 Å². The topological polar surface area (TPSA) is 70.8 Å². The Morgan fingerprint density at radius 3 is 2.82 bits per heavy atom. The van der Waals surface area contributed by atoms with Gasteiger partial charge >= 0.3 is 0 Å².